The highest BCUT2D eigenvalue weighted by molar-refractivity contribution is 4.85. The second-order valence-corrected chi connectivity index (χ2v) is 3.41. The summed E-state index contributed by atoms with van der Waals surface area (Å²) in [7, 11) is 0. The number of ether oxygens (including phenoxy) is 1. The van der Waals surface area contributed by atoms with Crippen LogP contribution in [0.15, 0.2) is 0 Å². The average Bonchev–Trinajstić information content (AvgIpc) is 2.22. The zero-order valence-corrected chi connectivity index (χ0v) is 5.97. The van der Waals surface area contributed by atoms with Gasteiger partial charge in [0.15, 0.2) is 0 Å². The molecular formula is C8H14O. The van der Waals surface area contributed by atoms with Crippen molar-refractivity contribution in [1.29, 1.82) is 0 Å². The molecule has 0 amide bonds. The van der Waals surface area contributed by atoms with E-state index >= 15 is 0 Å². The SMILES string of the molecule is CC1CC2CCCC2O1. The molecule has 0 aromatic carbocycles. The summed E-state index contributed by atoms with van der Waals surface area (Å²) in [5.41, 5.74) is 0. The fourth-order valence-electron chi connectivity index (χ4n) is 2.23. The number of fused-ring (bicyclic) bond motifs is 1. The molecular weight excluding hydrogens is 112 g/mol. The Hall–Kier alpha value is -0.0400. The van der Waals surface area contributed by atoms with E-state index in [0.717, 1.165) is 5.92 Å². The lowest BCUT2D eigenvalue weighted by Crippen LogP contribution is -2.07. The van der Waals surface area contributed by atoms with Crippen LogP contribution in [-0.4, -0.2) is 12.2 Å². The first-order valence-electron chi connectivity index (χ1n) is 4.02. The Morgan fingerprint density at radius 2 is 2.22 bits per heavy atom. The first-order chi connectivity index (χ1) is 4.36. The molecule has 1 aliphatic carbocycles. The van der Waals surface area contributed by atoms with E-state index in [1.54, 1.807) is 0 Å². The summed E-state index contributed by atoms with van der Waals surface area (Å²) in [4.78, 5) is 0. The second kappa shape index (κ2) is 1.98. The van der Waals surface area contributed by atoms with E-state index in [9.17, 15) is 0 Å². The molecule has 9 heavy (non-hydrogen) atoms. The van der Waals surface area contributed by atoms with Crippen molar-refractivity contribution in [2.24, 2.45) is 5.92 Å². The zero-order valence-electron chi connectivity index (χ0n) is 5.97. The van der Waals surface area contributed by atoms with Gasteiger partial charge in [0, 0.05) is 0 Å². The van der Waals surface area contributed by atoms with Crippen LogP contribution < -0.4 is 0 Å². The average molecular weight is 126 g/mol. The maximum absolute atomic E-state index is 5.69. The highest BCUT2D eigenvalue weighted by Gasteiger charge is 2.35. The third-order valence-electron chi connectivity index (χ3n) is 2.63. The monoisotopic (exact) mass is 126 g/mol. The molecule has 1 saturated heterocycles. The lowest BCUT2D eigenvalue weighted by Gasteiger charge is -2.05. The van der Waals surface area contributed by atoms with Gasteiger partial charge < -0.3 is 4.74 Å². The smallest absolute Gasteiger partial charge is 0.0607 e. The van der Waals surface area contributed by atoms with Crippen molar-refractivity contribution in [3.8, 4) is 0 Å². The summed E-state index contributed by atoms with van der Waals surface area (Å²) in [6.45, 7) is 2.19. The normalized spacial score (nSPS) is 49.7. The highest BCUT2D eigenvalue weighted by atomic mass is 16.5. The number of hydrogen-bond donors (Lipinski definition) is 0. The van der Waals surface area contributed by atoms with Crippen molar-refractivity contribution in [2.45, 2.75) is 44.8 Å². The molecule has 1 heteroatoms. The Kier molecular flexibility index (Phi) is 1.26. The molecule has 0 spiro atoms. The molecule has 0 bridgehead atoms. The first kappa shape index (κ1) is 5.72. The molecule has 0 aromatic rings. The molecule has 2 aliphatic rings. The standard InChI is InChI=1S/C8H14O/c1-6-5-7-3-2-4-8(7)9-6/h6-8H,2-5H2,1H3. The quantitative estimate of drug-likeness (QED) is 0.482. The Morgan fingerprint density at radius 1 is 1.33 bits per heavy atom. The molecule has 0 N–H and O–H groups in total. The minimum absolute atomic E-state index is 0.556. The van der Waals surface area contributed by atoms with Gasteiger partial charge in [-0.3, -0.25) is 0 Å². The summed E-state index contributed by atoms with van der Waals surface area (Å²) in [6.07, 6.45) is 6.69. The fraction of sp³-hybridized carbons (Fsp3) is 1.00. The van der Waals surface area contributed by atoms with Gasteiger partial charge in [0.2, 0.25) is 0 Å². The maximum Gasteiger partial charge on any atom is 0.0607 e. The van der Waals surface area contributed by atoms with Crippen LogP contribution in [0.4, 0.5) is 0 Å². The van der Waals surface area contributed by atoms with Crippen LogP contribution in [-0.2, 0) is 4.74 Å². The van der Waals surface area contributed by atoms with Gasteiger partial charge in [0.05, 0.1) is 12.2 Å². The predicted octanol–water partition coefficient (Wildman–Crippen LogP) is 1.96. The summed E-state index contributed by atoms with van der Waals surface area (Å²) >= 11 is 0. The van der Waals surface area contributed by atoms with Crippen molar-refractivity contribution in [1.82, 2.24) is 0 Å². The van der Waals surface area contributed by atoms with Crippen LogP contribution in [0.2, 0.25) is 0 Å². The molecule has 0 aromatic heterocycles. The lowest BCUT2D eigenvalue weighted by atomic mass is 10.0. The van der Waals surface area contributed by atoms with Gasteiger partial charge in [-0.15, -0.1) is 0 Å². The number of rotatable bonds is 0. The van der Waals surface area contributed by atoms with Crippen molar-refractivity contribution in [3.63, 3.8) is 0 Å². The zero-order chi connectivity index (χ0) is 6.27. The van der Waals surface area contributed by atoms with Crippen molar-refractivity contribution in [2.75, 3.05) is 0 Å². The molecule has 3 unspecified atom stereocenters. The maximum atomic E-state index is 5.69. The molecule has 1 aliphatic heterocycles. The summed E-state index contributed by atoms with van der Waals surface area (Å²) in [6, 6.07) is 0. The van der Waals surface area contributed by atoms with Crippen LogP contribution in [0, 0.1) is 5.92 Å². The van der Waals surface area contributed by atoms with Gasteiger partial charge in [-0.25, -0.2) is 0 Å². The van der Waals surface area contributed by atoms with E-state index < -0.39 is 0 Å². The van der Waals surface area contributed by atoms with Gasteiger partial charge in [-0.1, -0.05) is 6.42 Å². The highest BCUT2D eigenvalue weighted by Crippen LogP contribution is 2.38. The molecule has 3 atom stereocenters. The van der Waals surface area contributed by atoms with Gasteiger partial charge >= 0.3 is 0 Å². The van der Waals surface area contributed by atoms with E-state index in [-0.39, 0.29) is 0 Å². The fourth-order valence-corrected chi connectivity index (χ4v) is 2.23. The van der Waals surface area contributed by atoms with Crippen LogP contribution >= 0.6 is 0 Å². The minimum Gasteiger partial charge on any atom is -0.375 e. The molecule has 1 nitrogen and oxygen atoms in total. The Bertz CT molecular complexity index is 99.1. The lowest BCUT2D eigenvalue weighted by molar-refractivity contribution is 0.0513. The van der Waals surface area contributed by atoms with Gasteiger partial charge in [-0.05, 0) is 32.1 Å². The molecule has 1 heterocycles. The van der Waals surface area contributed by atoms with Gasteiger partial charge in [0.1, 0.15) is 0 Å². The van der Waals surface area contributed by atoms with E-state index in [1.807, 2.05) is 0 Å². The van der Waals surface area contributed by atoms with E-state index in [2.05, 4.69) is 6.92 Å². The van der Waals surface area contributed by atoms with Gasteiger partial charge in [0.25, 0.3) is 0 Å². The predicted molar refractivity (Wildman–Crippen MR) is 36.3 cm³/mol. The molecule has 2 rings (SSSR count). The second-order valence-electron chi connectivity index (χ2n) is 3.41. The largest absolute Gasteiger partial charge is 0.375 e. The van der Waals surface area contributed by atoms with Crippen LogP contribution in [0.25, 0.3) is 0 Å². The van der Waals surface area contributed by atoms with E-state index in [4.69, 9.17) is 4.74 Å². The van der Waals surface area contributed by atoms with E-state index in [1.165, 1.54) is 25.7 Å². The van der Waals surface area contributed by atoms with Crippen LogP contribution in [0.5, 0.6) is 0 Å². The van der Waals surface area contributed by atoms with Crippen LogP contribution in [0.1, 0.15) is 32.6 Å². The van der Waals surface area contributed by atoms with Crippen molar-refractivity contribution < 1.29 is 4.74 Å². The molecule has 1 saturated carbocycles. The third kappa shape index (κ3) is 0.877. The van der Waals surface area contributed by atoms with E-state index in [0.29, 0.717) is 12.2 Å². The number of hydrogen-bond acceptors (Lipinski definition) is 1. The minimum atomic E-state index is 0.556. The van der Waals surface area contributed by atoms with Crippen LogP contribution in [0.3, 0.4) is 0 Å². The molecule has 0 radical (unpaired) electrons. The van der Waals surface area contributed by atoms with Crippen molar-refractivity contribution >= 4 is 0 Å². The first-order valence-corrected chi connectivity index (χ1v) is 4.02. The molecule has 2 fully saturated rings. The molecule has 52 valence electrons. The summed E-state index contributed by atoms with van der Waals surface area (Å²) < 4.78 is 5.69. The topological polar surface area (TPSA) is 9.23 Å². The van der Waals surface area contributed by atoms with Crippen molar-refractivity contribution in [3.05, 3.63) is 0 Å². The summed E-state index contributed by atoms with van der Waals surface area (Å²) in [5, 5.41) is 0. The Balaban J connectivity index is 2.02. The van der Waals surface area contributed by atoms with Gasteiger partial charge in [-0.2, -0.15) is 0 Å². The Morgan fingerprint density at radius 3 is 3.00 bits per heavy atom. The Labute approximate surface area is 56.4 Å². The third-order valence-corrected chi connectivity index (χ3v) is 2.63. The summed E-state index contributed by atoms with van der Waals surface area (Å²) in [5.74, 6) is 0.931.